The molecule has 0 saturated carbocycles. The first-order chi connectivity index (χ1) is 11.6. The zero-order valence-electron chi connectivity index (χ0n) is 13.3. The number of hydrogen-bond acceptors (Lipinski definition) is 5. The first-order valence-corrected chi connectivity index (χ1v) is 7.39. The predicted octanol–water partition coefficient (Wildman–Crippen LogP) is 1.59. The monoisotopic (exact) mass is 329 g/mol. The standard InChI is InChI=1S/C18H19NO5/c1-23-15-9-7-13(8-10-15)11-19-16(20)12-24-18(22)17(21)14-5-3-2-4-6-14/h2-10,17,21H,11-12H2,1H3,(H,19,20)/t17-/m1/s1. The number of aliphatic hydroxyl groups excluding tert-OH is 1. The van der Waals surface area contributed by atoms with E-state index in [1.165, 1.54) is 0 Å². The van der Waals surface area contributed by atoms with E-state index in [0.29, 0.717) is 12.1 Å². The Morgan fingerprint density at radius 3 is 2.38 bits per heavy atom. The molecule has 2 N–H and O–H groups in total. The highest BCUT2D eigenvalue weighted by Gasteiger charge is 2.19. The van der Waals surface area contributed by atoms with Gasteiger partial charge in [-0.15, -0.1) is 0 Å². The lowest BCUT2D eigenvalue weighted by Crippen LogP contribution is -2.29. The molecule has 0 aromatic heterocycles. The van der Waals surface area contributed by atoms with Crippen molar-refractivity contribution in [3.63, 3.8) is 0 Å². The molecule has 1 atom stereocenters. The minimum atomic E-state index is -1.40. The summed E-state index contributed by atoms with van der Waals surface area (Å²) in [7, 11) is 1.58. The molecule has 24 heavy (non-hydrogen) atoms. The van der Waals surface area contributed by atoms with Crippen molar-refractivity contribution in [2.45, 2.75) is 12.6 Å². The second-order valence-electron chi connectivity index (χ2n) is 5.05. The summed E-state index contributed by atoms with van der Waals surface area (Å²) in [6, 6.07) is 15.6. The second kappa shape index (κ2) is 8.69. The lowest BCUT2D eigenvalue weighted by atomic mass is 10.1. The van der Waals surface area contributed by atoms with Crippen LogP contribution in [0.15, 0.2) is 54.6 Å². The van der Waals surface area contributed by atoms with Gasteiger partial charge in [0.2, 0.25) is 0 Å². The second-order valence-corrected chi connectivity index (χ2v) is 5.05. The van der Waals surface area contributed by atoms with Crippen LogP contribution in [0.1, 0.15) is 17.2 Å². The third kappa shape index (κ3) is 5.10. The van der Waals surface area contributed by atoms with E-state index in [1.807, 2.05) is 12.1 Å². The molecule has 0 saturated heterocycles. The molecule has 0 fully saturated rings. The van der Waals surface area contributed by atoms with Gasteiger partial charge in [0, 0.05) is 6.54 Å². The van der Waals surface area contributed by atoms with Crippen LogP contribution in [0, 0.1) is 0 Å². The number of carbonyl (C=O) groups excluding carboxylic acids is 2. The van der Waals surface area contributed by atoms with E-state index in [4.69, 9.17) is 9.47 Å². The van der Waals surface area contributed by atoms with E-state index in [-0.39, 0.29) is 0 Å². The van der Waals surface area contributed by atoms with Crippen LogP contribution < -0.4 is 10.1 Å². The van der Waals surface area contributed by atoms with E-state index < -0.39 is 24.6 Å². The van der Waals surface area contributed by atoms with E-state index in [2.05, 4.69) is 5.32 Å². The van der Waals surface area contributed by atoms with Gasteiger partial charge in [-0.25, -0.2) is 4.79 Å². The van der Waals surface area contributed by atoms with Gasteiger partial charge in [0.25, 0.3) is 5.91 Å². The van der Waals surface area contributed by atoms with Gasteiger partial charge in [-0.2, -0.15) is 0 Å². The van der Waals surface area contributed by atoms with Crippen LogP contribution in [-0.2, 0) is 20.9 Å². The molecule has 2 aromatic rings. The van der Waals surface area contributed by atoms with E-state index in [0.717, 1.165) is 11.3 Å². The van der Waals surface area contributed by atoms with Gasteiger partial charge in [0.15, 0.2) is 12.7 Å². The number of ether oxygens (including phenoxy) is 2. The van der Waals surface area contributed by atoms with Gasteiger partial charge >= 0.3 is 5.97 Å². The summed E-state index contributed by atoms with van der Waals surface area (Å²) in [5, 5.41) is 12.5. The molecule has 1 amide bonds. The number of amides is 1. The summed E-state index contributed by atoms with van der Waals surface area (Å²) < 4.78 is 9.87. The number of carbonyl (C=O) groups is 2. The normalized spacial score (nSPS) is 11.4. The van der Waals surface area contributed by atoms with Crippen molar-refractivity contribution < 1.29 is 24.2 Å². The first-order valence-electron chi connectivity index (χ1n) is 7.39. The molecular weight excluding hydrogens is 310 g/mol. The third-order valence-electron chi connectivity index (χ3n) is 3.33. The Hall–Kier alpha value is -2.86. The van der Waals surface area contributed by atoms with Crippen molar-refractivity contribution in [3.8, 4) is 5.75 Å². The highest BCUT2D eigenvalue weighted by atomic mass is 16.5. The molecule has 2 aromatic carbocycles. The highest BCUT2D eigenvalue weighted by molar-refractivity contribution is 5.82. The quantitative estimate of drug-likeness (QED) is 0.754. The molecule has 0 spiro atoms. The van der Waals surface area contributed by atoms with Crippen molar-refractivity contribution in [2.24, 2.45) is 0 Å². The molecule has 2 rings (SSSR count). The molecule has 0 aliphatic carbocycles. The number of aliphatic hydroxyl groups is 1. The lowest BCUT2D eigenvalue weighted by molar-refractivity contribution is -0.157. The first kappa shape index (κ1) is 17.5. The third-order valence-corrected chi connectivity index (χ3v) is 3.33. The van der Waals surface area contributed by atoms with Crippen molar-refractivity contribution in [2.75, 3.05) is 13.7 Å². The number of hydrogen-bond donors (Lipinski definition) is 2. The van der Waals surface area contributed by atoms with E-state index in [9.17, 15) is 14.7 Å². The van der Waals surface area contributed by atoms with Gasteiger partial charge in [-0.3, -0.25) is 4.79 Å². The molecule has 0 heterocycles. The number of nitrogens with one attached hydrogen (secondary N) is 1. The Bertz CT molecular complexity index is 670. The number of benzene rings is 2. The van der Waals surface area contributed by atoms with Crippen LogP contribution in [0.4, 0.5) is 0 Å². The maximum Gasteiger partial charge on any atom is 0.340 e. The Morgan fingerprint density at radius 2 is 1.75 bits per heavy atom. The van der Waals surface area contributed by atoms with E-state index in [1.54, 1.807) is 49.6 Å². The predicted molar refractivity (Wildman–Crippen MR) is 87.2 cm³/mol. The Balaban J connectivity index is 1.75. The van der Waals surface area contributed by atoms with Crippen LogP contribution in [0.2, 0.25) is 0 Å². The molecule has 0 bridgehead atoms. The van der Waals surface area contributed by atoms with Gasteiger partial charge in [-0.05, 0) is 23.3 Å². The average Bonchev–Trinajstić information content (AvgIpc) is 2.64. The van der Waals surface area contributed by atoms with Crippen molar-refractivity contribution in [1.29, 1.82) is 0 Å². The minimum Gasteiger partial charge on any atom is -0.497 e. The topological polar surface area (TPSA) is 84.9 Å². The summed E-state index contributed by atoms with van der Waals surface area (Å²) in [5.41, 5.74) is 1.31. The molecular formula is C18H19NO5. The van der Waals surface area contributed by atoms with Crippen LogP contribution in [0.25, 0.3) is 0 Å². The molecule has 126 valence electrons. The molecule has 0 aliphatic heterocycles. The Labute approximate surface area is 140 Å². The van der Waals surface area contributed by atoms with Crippen LogP contribution in [0.5, 0.6) is 5.75 Å². The van der Waals surface area contributed by atoms with Crippen LogP contribution in [0.3, 0.4) is 0 Å². The van der Waals surface area contributed by atoms with Gasteiger partial charge in [0.05, 0.1) is 7.11 Å². The Morgan fingerprint density at radius 1 is 1.08 bits per heavy atom. The summed E-state index contributed by atoms with van der Waals surface area (Å²) in [5.74, 6) is -0.575. The average molecular weight is 329 g/mol. The number of esters is 1. The molecule has 0 aliphatic rings. The Kier molecular flexibility index (Phi) is 6.33. The molecule has 0 unspecified atom stereocenters. The summed E-state index contributed by atoms with van der Waals surface area (Å²) in [6.07, 6.45) is -1.40. The maximum absolute atomic E-state index is 11.7. The summed E-state index contributed by atoms with van der Waals surface area (Å²) >= 11 is 0. The molecule has 6 nitrogen and oxygen atoms in total. The van der Waals surface area contributed by atoms with Gasteiger partial charge < -0.3 is 19.9 Å². The molecule has 6 heteroatoms. The summed E-state index contributed by atoms with van der Waals surface area (Å²) in [6.45, 7) is -0.138. The number of methoxy groups -OCH3 is 1. The fourth-order valence-corrected chi connectivity index (χ4v) is 1.98. The van der Waals surface area contributed by atoms with Crippen molar-refractivity contribution >= 4 is 11.9 Å². The fourth-order valence-electron chi connectivity index (χ4n) is 1.98. The largest absolute Gasteiger partial charge is 0.497 e. The molecule has 0 radical (unpaired) electrons. The SMILES string of the molecule is COc1ccc(CNC(=O)COC(=O)[C@H](O)c2ccccc2)cc1. The lowest BCUT2D eigenvalue weighted by Gasteiger charge is -2.11. The summed E-state index contributed by atoms with van der Waals surface area (Å²) in [4.78, 5) is 23.4. The van der Waals surface area contributed by atoms with Crippen LogP contribution in [-0.4, -0.2) is 30.7 Å². The van der Waals surface area contributed by atoms with Gasteiger partial charge in [0.1, 0.15) is 5.75 Å². The van der Waals surface area contributed by atoms with Crippen molar-refractivity contribution in [3.05, 3.63) is 65.7 Å². The zero-order chi connectivity index (χ0) is 17.4. The van der Waals surface area contributed by atoms with Crippen LogP contribution >= 0.6 is 0 Å². The van der Waals surface area contributed by atoms with Crippen molar-refractivity contribution in [1.82, 2.24) is 5.32 Å². The minimum absolute atomic E-state index is 0.307. The zero-order valence-corrected chi connectivity index (χ0v) is 13.3. The number of rotatable bonds is 7. The maximum atomic E-state index is 11.7. The smallest absolute Gasteiger partial charge is 0.340 e. The highest BCUT2D eigenvalue weighted by Crippen LogP contribution is 2.13. The van der Waals surface area contributed by atoms with Gasteiger partial charge in [-0.1, -0.05) is 42.5 Å². The van der Waals surface area contributed by atoms with E-state index >= 15 is 0 Å². The fraction of sp³-hybridized carbons (Fsp3) is 0.222.